The van der Waals surface area contributed by atoms with Gasteiger partial charge in [-0.2, -0.15) is 0 Å². The van der Waals surface area contributed by atoms with Gasteiger partial charge in [-0.05, 0) is 32.3 Å². The quantitative estimate of drug-likeness (QED) is 0.660. The molecule has 0 saturated heterocycles. The fourth-order valence-corrected chi connectivity index (χ4v) is 4.21. The Hall–Kier alpha value is -0.416. The highest BCUT2D eigenvalue weighted by Crippen LogP contribution is 2.13. The van der Waals surface area contributed by atoms with Crippen LogP contribution in [0.5, 0.6) is 5.36 Å². The maximum Gasteiger partial charge on any atom is 0.241 e. The molecule has 0 spiro atoms. The molecular formula is C9H16OSi2. The van der Waals surface area contributed by atoms with Crippen molar-refractivity contribution in [2.75, 3.05) is 0 Å². The third-order valence-corrected chi connectivity index (χ3v) is 4.28. The summed E-state index contributed by atoms with van der Waals surface area (Å²) in [6.45, 7) is 8.93. The molecule has 1 nitrogen and oxygen atoms in total. The summed E-state index contributed by atoms with van der Waals surface area (Å²) < 4.78 is 5.95. The Bertz CT molecular complexity index is 265. The predicted molar refractivity (Wildman–Crippen MR) is 57.3 cm³/mol. The van der Waals surface area contributed by atoms with E-state index in [-0.39, 0.29) is 0 Å². The van der Waals surface area contributed by atoms with Crippen molar-refractivity contribution in [1.29, 1.82) is 0 Å². The molecule has 1 heterocycles. The van der Waals surface area contributed by atoms with E-state index in [1.165, 1.54) is 5.36 Å². The van der Waals surface area contributed by atoms with Crippen LogP contribution in [0, 0.1) is 0 Å². The molecule has 1 aromatic rings. The van der Waals surface area contributed by atoms with E-state index in [1.807, 2.05) is 0 Å². The smallest absolute Gasteiger partial charge is 0.241 e. The summed E-state index contributed by atoms with van der Waals surface area (Å²) in [5.74, 6) is 0. The molecule has 0 aliphatic rings. The molecule has 0 atom stereocenters. The Balaban J connectivity index is 2.83. The van der Waals surface area contributed by atoms with Gasteiger partial charge in [-0.25, -0.2) is 0 Å². The van der Waals surface area contributed by atoms with E-state index in [4.69, 9.17) is 4.43 Å². The first-order chi connectivity index (χ1) is 5.49. The molecule has 0 saturated carbocycles. The van der Waals surface area contributed by atoms with E-state index in [1.54, 1.807) is 0 Å². The van der Waals surface area contributed by atoms with Crippen LogP contribution in [0.4, 0.5) is 0 Å². The Morgan fingerprint density at radius 1 is 1.25 bits per heavy atom. The zero-order chi connectivity index (χ0) is 9.19. The topological polar surface area (TPSA) is 9.23 Å². The average molecular weight is 196 g/mol. The highest BCUT2D eigenvalue weighted by Gasteiger charge is 2.16. The van der Waals surface area contributed by atoms with Crippen molar-refractivity contribution in [3.8, 4) is 5.36 Å². The van der Waals surface area contributed by atoms with Gasteiger partial charge in [0.1, 0.15) is 0 Å². The Labute approximate surface area is 77.1 Å². The second-order valence-electron chi connectivity index (χ2n) is 3.98. The average Bonchev–Trinajstić information content (AvgIpc) is 1.91. The van der Waals surface area contributed by atoms with E-state index in [2.05, 4.69) is 50.1 Å². The fourth-order valence-electron chi connectivity index (χ4n) is 1.00. The molecule has 1 rings (SSSR count). The Kier molecular flexibility index (Phi) is 2.85. The summed E-state index contributed by atoms with van der Waals surface area (Å²) in [5, 5.41) is 1.22. The van der Waals surface area contributed by atoms with Crippen LogP contribution in [0.3, 0.4) is 0 Å². The molecule has 12 heavy (non-hydrogen) atoms. The lowest BCUT2D eigenvalue weighted by Crippen LogP contribution is -2.30. The SMILES string of the molecule is C[si]1ccccc1O[Si](C)(C)C. The maximum atomic E-state index is 5.95. The first-order valence-electron chi connectivity index (χ1n) is 4.24. The molecule has 0 aromatic carbocycles. The van der Waals surface area contributed by atoms with E-state index >= 15 is 0 Å². The summed E-state index contributed by atoms with van der Waals surface area (Å²) >= 11 is 0. The Morgan fingerprint density at radius 2 is 1.92 bits per heavy atom. The van der Waals surface area contributed by atoms with Gasteiger partial charge in [0.15, 0.2) is 0 Å². The number of rotatable bonds is 2. The summed E-state index contributed by atoms with van der Waals surface area (Å²) in [6, 6.07) is 6.30. The summed E-state index contributed by atoms with van der Waals surface area (Å²) in [7, 11) is -1.89. The molecule has 66 valence electrons. The minimum atomic E-state index is -1.38. The zero-order valence-electron chi connectivity index (χ0n) is 8.22. The lowest BCUT2D eigenvalue weighted by atomic mass is 10.6. The van der Waals surface area contributed by atoms with Gasteiger partial charge in [0, 0.05) is 0 Å². The van der Waals surface area contributed by atoms with Crippen molar-refractivity contribution in [3.63, 3.8) is 0 Å². The lowest BCUT2D eigenvalue weighted by molar-refractivity contribution is 0.569. The van der Waals surface area contributed by atoms with Crippen LogP contribution in [-0.4, -0.2) is 16.7 Å². The fraction of sp³-hybridized carbons (Fsp3) is 0.444. The summed E-state index contributed by atoms with van der Waals surface area (Å²) in [6.07, 6.45) is 0. The normalized spacial score (nSPS) is 11.3. The molecular weight excluding hydrogens is 180 g/mol. The molecule has 0 radical (unpaired) electrons. The lowest BCUT2D eigenvalue weighted by Gasteiger charge is -2.20. The largest absolute Gasteiger partial charge is 0.548 e. The van der Waals surface area contributed by atoms with Crippen molar-refractivity contribution < 1.29 is 4.43 Å². The van der Waals surface area contributed by atoms with Gasteiger partial charge in [-0.1, -0.05) is 17.8 Å². The third-order valence-electron chi connectivity index (χ3n) is 1.51. The molecule has 0 aliphatic carbocycles. The van der Waals surface area contributed by atoms with Crippen LogP contribution < -0.4 is 4.43 Å². The van der Waals surface area contributed by atoms with Crippen molar-refractivity contribution in [2.24, 2.45) is 6.55 Å². The van der Waals surface area contributed by atoms with Crippen LogP contribution in [0.15, 0.2) is 23.9 Å². The molecule has 0 aliphatic heterocycles. The minimum absolute atomic E-state index is 0.503. The van der Waals surface area contributed by atoms with Crippen molar-refractivity contribution >= 4 is 16.7 Å². The van der Waals surface area contributed by atoms with Crippen LogP contribution in [0.25, 0.3) is 0 Å². The highest BCUT2D eigenvalue weighted by atomic mass is 28.4. The number of aryl methyl sites for hydroxylation is 1. The van der Waals surface area contributed by atoms with Crippen molar-refractivity contribution in [1.82, 2.24) is 0 Å². The first kappa shape index (κ1) is 9.67. The van der Waals surface area contributed by atoms with Crippen molar-refractivity contribution in [2.45, 2.75) is 19.6 Å². The number of hydrogen-bond acceptors (Lipinski definition) is 1. The van der Waals surface area contributed by atoms with E-state index in [0.29, 0.717) is 0 Å². The third kappa shape index (κ3) is 2.91. The number of hydrogen-bond donors (Lipinski definition) is 0. The van der Waals surface area contributed by atoms with Crippen LogP contribution in [0.1, 0.15) is 0 Å². The Morgan fingerprint density at radius 3 is 2.42 bits per heavy atom. The highest BCUT2D eigenvalue weighted by molar-refractivity contribution is 6.71. The van der Waals surface area contributed by atoms with E-state index in [0.717, 1.165) is 0 Å². The second-order valence-corrected chi connectivity index (χ2v) is 10.6. The molecule has 0 amide bonds. The van der Waals surface area contributed by atoms with Crippen molar-refractivity contribution in [3.05, 3.63) is 23.9 Å². The predicted octanol–water partition coefficient (Wildman–Crippen LogP) is 2.46. The zero-order valence-corrected chi connectivity index (χ0v) is 10.2. The van der Waals surface area contributed by atoms with Crippen LogP contribution in [0.2, 0.25) is 19.6 Å². The van der Waals surface area contributed by atoms with E-state index < -0.39 is 16.7 Å². The molecule has 0 bridgehead atoms. The van der Waals surface area contributed by atoms with Crippen LogP contribution >= 0.6 is 0 Å². The monoisotopic (exact) mass is 196 g/mol. The van der Waals surface area contributed by atoms with Crippen LogP contribution in [-0.2, 0) is 6.55 Å². The van der Waals surface area contributed by atoms with Gasteiger partial charge in [0.25, 0.3) is 0 Å². The standard InChI is InChI=1S/C9H16OSi2/c1-11-8-6-5-7-9(11)10-12(2,3)4/h5-8H,1-4H3. The first-order valence-corrected chi connectivity index (χ1v) is 9.72. The van der Waals surface area contributed by atoms with Gasteiger partial charge < -0.3 is 4.43 Å². The van der Waals surface area contributed by atoms with E-state index in [9.17, 15) is 0 Å². The molecule has 0 fully saturated rings. The van der Waals surface area contributed by atoms with Gasteiger partial charge in [-0.3, -0.25) is 0 Å². The molecule has 3 heteroatoms. The van der Waals surface area contributed by atoms with Gasteiger partial charge in [0.2, 0.25) is 8.32 Å². The molecule has 0 N–H and O–H groups in total. The minimum Gasteiger partial charge on any atom is -0.548 e. The second kappa shape index (κ2) is 3.53. The molecule has 0 unspecified atom stereocenters. The summed E-state index contributed by atoms with van der Waals surface area (Å²) in [5.41, 5.74) is 2.26. The maximum absolute atomic E-state index is 5.95. The molecule has 1 aromatic heterocycles. The summed E-state index contributed by atoms with van der Waals surface area (Å²) in [4.78, 5) is 0. The van der Waals surface area contributed by atoms with Gasteiger partial charge >= 0.3 is 0 Å². The van der Waals surface area contributed by atoms with Gasteiger partial charge in [-0.15, -0.1) is 0 Å². The van der Waals surface area contributed by atoms with Gasteiger partial charge in [0.05, 0.1) is 13.8 Å².